The number of nitrogens with one attached hydrogen (secondary N) is 3. The molecule has 25 heavy (non-hydrogen) atoms. The highest BCUT2D eigenvalue weighted by atomic mass is 32.1. The fraction of sp³-hybridized carbons (Fsp3) is 0.167. The fourth-order valence-electron chi connectivity index (χ4n) is 1.98. The number of hydrogen-bond acceptors (Lipinski definition) is 4. The second kappa shape index (κ2) is 8.66. The molecule has 2 aromatic carbocycles. The number of anilines is 1. The third-order valence-electron chi connectivity index (χ3n) is 3.52. The molecule has 0 saturated carbocycles. The molecule has 2 aromatic rings. The van der Waals surface area contributed by atoms with E-state index >= 15 is 0 Å². The zero-order chi connectivity index (χ0) is 18.2. The maximum atomic E-state index is 11.8. The lowest BCUT2D eigenvalue weighted by Gasteiger charge is -2.14. The first-order valence-electron chi connectivity index (χ1n) is 7.54. The molecule has 3 N–H and O–H groups in total. The molecule has 0 heterocycles. The van der Waals surface area contributed by atoms with E-state index < -0.39 is 0 Å². The fourth-order valence-corrected chi connectivity index (χ4v) is 2.14. The summed E-state index contributed by atoms with van der Waals surface area (Å²) in [7, 11) is 0. The van der Waals surface area contributed by atoms with E-state index in [1.54, 1.807) is 24.3 Å². The topological polar surface area (TPSA) is 86.2 Å². The SMILES string of the molecule is Cc1cccc(NC(=S)NNC(=O)COc2ccc(C#N)cc2)c1C. The standard InChI is InChI=1S/C18H18N4O2S/c1-12-4-3-5-16(13(12)2)20-18(25)22-21-17(23)11-24-15-8-6-14(10-19)7-9-15/h3-9H,11H2,1-2H3,(H,21,23)(H2,20,22,25). The van der Waals surface area contributed by atoms with Gasteiger partial charge < -0.3 is 10.1 Å². The molecule has 0 aliphatic carbocycles. The van der Waals surface area contributed by atoms with Crippen molar-refractivity contribution in [2.45, 2.75) is 13.8 Å². The predicted molar refractivity (Wildman–Crippen MR) is 100 cm³/mol. The third kappa shape index (κ3) is 5.48. The molecule has 0 atom stereocenters. The number of nitrogens with zero attached hydrogens (tertiary/aromatic N) is 1. The van der Waals surface area contributed by atoms with E-state index in [1.165, 1.54) is 0 Å². The molecule has 1 amide bonds. The molecule has 6 nitrogen and oxygen atoms in total. The van der Waals surface area contributed by atoms with Crippen LogP contribution in [0, 0.1) is 25.2 Å². The van der Waals surface area contributed by atoms with Gasteiger partial charge in [0, 0.05) is 5.69 Å². The zero-order valence-electron chi connectivity index (χ0n) is 13.9. The molecule has 0 fully saturated rings. The Kier molecular flexibility index (Phi) is 6.32. The number of amides is 1. The average Bonchev–Trinajstić information content (AvgIpc) is 2.62. The summed E-state index contributed by atoms with van der Waals surface area (Å²) in [6.45, 7) is 3.83. The molecule has 0 radical (unpaired) electrons. The number of rotatable bonds is 4. The lowest BCUT2D eigenvalue weighted by molar-refractivity contribution is -0.123. The Hall–Kier alpha value is -3.11. The van der Waals surface area contributed by atoms with Gasteiger partial charge in [0.25, 0.3) is 5.91 Å². The molecular weight excluding hydrogens is 336 g/mol. The number of aryl methyl sites for hydroxylation is 1. The minimum Gasteiger partial charge on any atom is -0.484 e. The van der Waals surface area contributed by atoms with Crippen molar-refractivity contribution in [1.29, 1.82) is 5.26 Å². The molecule has 0 spiro atoms. The Labute approximate surface area is 151 Å². The highest BCUT2D eigenvalue weighted by Gasteiger charge is 2.06. The van der Waals surface area contributed by atoms with Crippen LogP contribution in [0.3, 0.4) is 0 Å². The van der Waals surface area contributed by atoms with Crippen molar-refractivity contribution in [1.82, 2.24) is 10.9 Å². The van der Waals surface area contributed by atoms with E-state index in [1.807, 2.05) is 38.1 Å². The predicted octanol–water partition coefficient (Wildman–Crippen LogP) is 2.57. The van der Waals surface area contributed by atoms with Crippen LogP contribution in [-0.2, 0) is 4.79 Å². The van der Waals surface area contributed by atoms with Crippen LogP contribution in [0.5, 0.6) is 5.75 Å². The van der Waals surface area contributed by atoms with Gasteiger partial charge in [-0.05, 0) is 67.5 Å². The number of nitriles is 1. The van der Waals surface area contributed by atoms with Gasteiger partial charge in [-0.25, -0.2) is 0 Å². The normalized spacial score (nSPS) is 9.64. The Morgan fingerprint density at radius 1 is 1.16 bits per heavy atom. The number of hydrazine groups is 1. The molecule has 128 valence electrons. The van der Waals surface area contributed by atoms with Crippen molar-refractivity contribution in [2.24, 2.45) is 0 Å². The van der Waals surface area contributed by atoms with Crippen molar-refractivity contribution >= 4 is 28.9 Å². The van der Waals surface area contributed by atoms with Gasteiger partial charge in [-0.3, -0.25) is 15.6 Å². The highest BCUT2D eigenvalue weighted by Crippen LogP contribution is 2.17. The summed E-state index contributed by atoms with van der Waals surface area (Å²) in [5.74, 6) is 0.125. The van der Waals surface area contributed by atoms with E-state index in [0.717, 1.165) is 16.8 Å². The van der Waals surface area contributed by atoms with Crippen molar-refractivity contribution in [2.75, 3.05) is 11.9 Å². The van der Waals surface area contributed by atoms with Crippen molar-refractivity contribution < 1.29 is 9.53 Å². The second-order valence-corrected chi connectivity index (χ2v) is 5.71. The van der Waals surface area contributed by atoms with E-state index in [0.29, 0.717) is 11.3 Å². The molecule has 0 unspecified atom stereocenters. The molecule has 0 aliphatic heterocycles. The monoisotopic (exact) mass is 354 g/mol. The summed E-state index contributed by atoms with van der Waals surface area (Å²) in [4.78, 5) is 11.8. The van der Waals surface area contributed by atoms with E-state index in [9.17, 15) is 4.79 Å². The van der Waals surface area contributed by atoms with Crippen molar-refractivity contribution in [3.05, 3.63) is 59.2 Å². The minimum absolute atomic E-state index is 0.176. The van der Waals surface area contributed by atoms with Crippen molar-refractivity contribution in [3.63, 3.8) is 0 Å². The van der Waals surface area contributed by atoms with Crippen LogP contribution in [-0.4, -0.2) is 17.6 Å². The first-order valence-corrected chi connectivity index (χ1v) is 7.95. The number of hydrogen-bond donors (Lipinski definition) is 3. The van der Waals surface area contributed by atoms with Crippen LogP contribution < -0.4 is 20.9 Å². The summed E-state index contributed by atoms with van der Waals surface area (Å²) < 4.78 is 5.33. The van der Waals surface area contributed by atoms with Gasteiger partial charge in [-0.2, -0.15) is 5.26 Å². The van der Waals surface area contributed by atoms with Gasteiger partial charge in [0.05, 0.1) is 11.6 Å². The molecule has 0 saturated heterocycles. The second-order valence-electron chi connectivity index (χ2n) is 5.30. The quantitative estimate of drug-likeness (QED) is 0.578. The van der Waals surface area contributed by atoms with Crippen LogP contribution in [0.2, 0.25) is 0 Å². The lowest BCUT2D eigenvalue weighted by Crippen LogP contribution is -2.45. The number of benzene rings is 2. The zero-order valence-corrected chi connectivity index (χ0v) is 14.7. The van der Waals surface area contributed by atoms with E-state index in [-0.39, 0.29) is 17.6 Å². The Balaban J connectivity index is 1.76. The Morgan fingerprint density at radius 3 is 2.56 bits per heavy atom. The minimum atomic E-state index is -0.380. The largest absolute Gasteiger partial charge is 0.484 e. The smallest absolute Gasteiger partial charge is 0.276 e. The number of carbonyl (C=O) groups excluding carboxylic acids is 1. The molecule has 0 aromatic heterocycles. The summed E-state index contributed by atoms with van der Waals surface area (Å²) in [6.07, 6.45) is 0. The van der Waals surface area contributed by atoms with Gasteiger partial charge in [-0.15, -0.1) is 0 Å². The van der Waals surface area contributed by atoms with Crippen LogP contribution in [0.15, 0.2) is 42.5 Å². The van der Waals surface area contributed by atoms with Crippen LogP contribution >= 0.6 is 12.2 Å². The molecular formula is C18H18N4O2S. The molecule has 7 heteroatoms. The van der Waals surface area contributed by atoms with Crippen LogP contribution in [0.1, 0.15) is 16.7 Å². The van der Waals surface area contributed by atoms with Gasteiger partial charge in [0.15, 0.2) is 11.7 Å². The lowest BCUT2D eigenvalue weighted by atomic mass is 10.1. The van der Waals surface area contributed by atoms with Gasteiger partial charge in [0.2, 0.25) is 0 Å². The van der Waals surface area contributed by atoms with Crippen LogP contribution in [0.4, 0.5) is 5.69 Å². The van der Waals surface area contributed by atoms with Gasteiger partial charge in [-0.1, -0.05) is 12.1 Å². The first-order chi connectivity index (χ1) is 12.0. The Bertz CT molecular complexity index is 813. The van der Waals surface area contributed by atoms with E-state index in [2.05, 4.69) is 16.2 Å². The summed E-state index contributed by atoms with van der Waals surface area (Å²) >= 11 is 5.15. The molecule has 2 rings (SSSR count). The Morgan fingerprint density at radius 2 is 1.88 bits per heavy atom. The molecule has 0 aliphatic rings. The number of ether oxygens (including phenoxy) is 1. The summed E-state index contributed by atoms with van der Waals surface area (Å²) in [5, 5.41) is 12.0. The van der Waals surface area contributed by atoms with Crippen LogP contribution in [0.25, 0.3) is 0 Å². The highest BCUT2D eigenvalue weighted by molar-refractivity contribution is 7.80. The maximum absolute atomic E-state index is 11.8. The summed E-state index contributed by atoms with van der Waals surface area (Å²) in [5.41, 5.74) is 8.73. The summed E-state index contributed by atoms with van der Waals surface area (Å²) in [6, 6.07) is 14.4. The van der Waals surface area contributed by atoms with Gasteiger partial charge in [0.1, 0.15) is 5.75 Å². The van der Waals surface area contributed by atoms with E-state index in [4.69, 9.17) is 22.2 Å². The third-order valence-corrected chi connectivity index (χ3v) is 3.73. The van der Waals surface area contributed by atoms with Gasteiger partial charge >= 0.3 is 0 Å². The molecule has 0 bridgehead atoms. The first kappa shape index (κ1) is 18.2. The maximum Gasteiger partial charge on any atom is 0.276 e. The average molecular weight is 354 g/mol. The number of thiocarbonyl (C=S) groups is 1. The van der Waals surface area contributed by atoms with Crippen molar-refractivity contribution in [3.8, 4) is 11.8 Å². The number of carbonyl (C=O) groups is 1.